The molecule has 120 valence electrons. The summed E-state index contributed by atoms with van der Waals surface area (Å²) < 4.78 is 6.80. The molecular formula is C17H16ClNO4. The third-order valence-electron chi connectivity index (χ3n) is 4.88. The molecule has 23 heavy (non-hydrogen) atoms. The van der Waals surface area contributed by atoms with Crippen LogP contribution in [0.1, 0.15) is 42.7 Å². The molecule has 5 nitrogen and oxygen atoms in total. The molecule has 4 rings (SSSR count). The summed E-state index contributed by atoms with van der Waals surface area (Å²) in [7, 11) is 0. The Morgan fingerprint density at radius 1 is 1.17 bits per heavy atom. The summed E-state index contributed by atoms with van der Waals surface area (Å²) in [6, 6.07) is 6.89. The second kappa shape index (κ2) is 4.93. The van der Waals surface area contributed by atoms with E-state index in [4.69, 9.17) is 16.3 Å². The van der Waals surface area contributed by atoms with Crippen LogP contribution in [0.3, 0.4) is 0 Å². The lowest BCUT2D eigenvalue weighted by atomic mass is 9.92. The molecule has 0 aliphatic heterocycles. The standard InChI is InChI=1S/C17H16ClNO4/c1-8(20)23-13-7-9-6-12(13)15-14(9)16(21)19(17(15)22)11-4-2-10(18)3-5-11/h2-5,9,12-13,21-22H,6-7H2,1H3. The van der Waals surface area contributed by atoms with Crippen molar-refractivity contribution in [3.8, 4) is 17.4 Å². The average Bonchev–Trinajstić information content (AvgIpc) is 3.12. The Morgan fingerprint density at radius 3 is 2.48 bits per heavy atom. The molecule has 6 heteroatoms. The minimum atomic E-state index is -0.315. The van der Waals surface area contributed by atoms with Crippen molar-refractivity contribution in [2.24, 2.45) is 0 Å². The zero-order chi connectivity index (χ0) is 16.3. The minimum Gasteiger partial charge on any atom is -0.494 e. The van der Waals surface area contributed by atoms with Crippen LogP contribution in [0, 0.1) is 0 Å². The maximum atomic E-state index is 11.2. The number of nitrogens with zero attached hydrogens (tertiary/aromatic N) is 1. The maximum absolute atomic E-state index is 11.2. The second-order valence-corrected chi connectivity index (χ2v) is 6.65. The van der Waals surface area contributed by atoms with Crippen LogP contribution in [-0.4, -0.2) is 26.9 Å². The number of rotatable bonds is 2. The topological polar surface area (TPSA) is 71.7 Å². The van der Waals surface area contributed by atoms with Gasteiger partial charge in [-0.15, -0.1) is 0 Å². The van der Waals surface area contributed by atoms with E-state index in [1.54, 1.807) is 24.3 Å². The Balaban J connectivity index is 1.80. The molecular weight excluding hydrogens is 318 g/mol. The van der Waals surface area contributed by atoms with Crippen molar-refractivity contribution in [2.75, 3.05) is 0 Å². The molecule has 0 saturated heterocycles. The van der Waals surface area contributed by atoms with Gasteiger partial charge in [0.2, 0.25) is 11.8 Å². The van der Waals surface area contributed by atoms with Crippen molar-refractivity contribution in [3.63, 3.8) is 0 Å². The van der Waals surface area contributed by atoms with Gasteiger partial charge in [-0.1, -0.05) is 11.6 Å². The number of carbonyl (C=O) groups excluding carboxylic acids is 1. The van der Waals surface area contributed by atoms with E-state index in [0.29, 0.717) is 22.7 Å². The van der Waals surface area contributed by atoms with E-state index in [9.17, 15) is 15.0 Å². The highest BCUT2D eigenvalue weighted by Gasteiger charge is 2.51. The van der Waals surface area contributed by atoms with Crippen LogP contribution < -0.4 is 0 Å². The predicted molar refractivity (Wildman–Crippen MR) is 84.4 cm³/mol. The number of aromatic nitrogens is 1. The van der Waals surface area contributed by atoms with Gasteiger partial charge < -0.3 is 14.9 Å². The Kier molecular flexibility index (Phi) is 3.10. The van der Waals surface area contributed by atoms with Crippen LogP contribution >= 0.6 is 11.6 Å². The number of fused-ring (bicyclic) bond motifs is 5. The zero-order valence-corrected chi connectivity index (χ0v) is 13.2. The maximum Gasteiger partial charge on any atom is 0.302 e. The van der Waals surface area contributed by atoms with Gasteiger partial charge in [0.25, 0.3) is 0 Å². The number of halogens is 1. The van der Waals surface area contributed by atoms with E-state index in [-0.39, 0.29) is 35.7 Å². The van der Waals surface area contributed by atoms with Crippen LogP contribution in [0.25, 0.3) is 5.69 Å². The molecule has 0 amide bonds. The van der Waals surface area contributed by atoms with Crippen molar-refractivity contribution >= 4 is 17.6 Å². The van der Waals surface area contributed by atoms with Crippen LogP contribution in [0.5, 0.6) is 11.8 Å². The molecule has 1 heterocycles. The summed E-state index contributed by atoms with van der Waals surface area (Å²) in [5.74, 6) is -0.181. The lowest BCUT2D eigenvalue weighted by Crippen LogP contribution is -2.21. The molecule has 2 aliphatic carbocycles. The molecule has 3 unspecified atom stereocenters. The van der Waals surface area contributed by atoms with Crippen molar-refractivity contribution < 1.29 is 19.7 Å². The van der Waals surface area contributed by atoms with Gasteiger partial charge in [-0.2, -0.15) is 0 Å². The molecule has 0 radical (unpaired) electrons. The van der Waals surface area contributed by atoms with Gasteiger partial charge >= 0.3 is 5.97 Å². The number of hydrogen-bond donors (Lipinski definition) is 2. The van der Waals surface area contributed by atoms with E-state index in [1.807, 2.05) is 0 Å². The van der Waals surface area contributed by atoms with Crippen molar-refractivity contribution in [3.05, 3.63) is 40.4 Å². The highest BCUT2D eigenvalue weighted by molar-refractivity contribution is 6.30. The minimum absolute atomic E-state index is 0.0178. The summed E-state index contributed by atoms with van der Waals surface area (Å²) in [5, 5.41) is 21.8. The normalized spacial score (nSPS) is 24.7. The summed E-state index contributed by atoms with van der Waals surface area (Å²) in [5.41, 5.74) is 2.13. The second-order valence-electron chi connectivity index (χ2n) is 6.21. The molecule has 3 atom stereocenters. The lowest BCUT2D eigenvalue weighted by Gasteiger charge is -2.21. The van der Waals surface area contributed by atoms with Crippen LogP contribution in [-0.2, 0) is 9.53 Å². The third kappa shape index (κ3) is 2.03. The number of ether oxygens (including phenoxy) is 1. The van der Waals surface area contributed by atoms with Gasteiger partial charge in [0.05, 0.1) is 5.69 Å². The Hall–Kier alpha value is -2.14. The lowest BCUT2D eigenvalue weighted by molar-refractivity contribution is -0.146. The first-order chi connectivity index (χ1) is 11.0. The van der Waals surface area contributed by atoms with Gasteiger partial charge in [0, 0.05) is 29.0 Å². The van der Waals surface area contributed by atoms with Gasteiger partial charge in [0.15, 0.2) is 0 Å². The van der Waals surface area contributed by atoms with E-state index in [0.717, 1.165) is 12.0 Å². The summed E-state index contributed by atoms with van der Waals surface area (Å²) in [6.07, 6.45) is 1.26. The molecule has 2 aromatic rings. The quantitative estimate of drug-likeness (QED) is 0.826. The van der Waals surface area contributed by atoms with Crippen molar-refractivity contribution in [1.82, 2.24) is 4.57 Å². The fraction of sp³-hybridized carbons (Fsp3) is 0.353. The van der Waals surface area contributed by atoms with Crippen LogP contribution in [0.15, 0.2) is 24.3 Å². The Bertz CT molecular complexity index is 796. The predicted octanol–water partition coefficient (Wildman–Crippen LogP) is 3.45. The number of hydrogen-bond acceptors (Lipinski definition) is 4. The summed E-state index contributed by atoms with van der Waals surface area (Å²) >= 11 is 5.89. The van der Waals surface area contributed by atoms with E-state index in [2.05, 4.69) is 0 Å². The van der Waals surface area contributed by atoms with E-state index in [1.165, 1.54) is 11.5 Å². The Labute approximate surface area is 138 Å². The summed E-state index contributed by atoms with van der Waals surface area (Å²) in [6.45, 7) is 1.39. The molecule has 2 aliphatic rings. The molecule has 1 aromatic carbocycles. The van der Waals surface area contributed by atoms with E-state index < -0.39 is 0 Å². The van der Waals surface area contributed by atoms with Gasteiger partial charge in [-0.3, -0.25) is 9.36 Å². The van der Waals surface area contributed by atoms with Crippen molar-refractivity contribution in [1.29, 1.82) is 0 Å². The fourth-order valence-electron chi connectivity index (χ4n) is 4.07. The van der Waals surface area contributed by atoms with Crippen LogP contribution in [0.4, 0.5) is 0 Å². The van der Waals surface area contributed by atoms with Crippen LogP contribution in [0.2, 0.25) is 5.02 Å². The SMILES string of the molecule is CC(=O)OC1CC2CC1c1c2c(O)n(-c2ccc(Cl)cc2)c1O. The van der Waals surface area contributed by atoms with Gasteiger partial charge in [0.1, 0.15) is 6.10 Å². The largest absolute Gasteiger partial charge is 0.494 e. The monoisotopic (exact) mass is 333 g/mol. The molecule has 2 N–H and O–H groups in total. The van der Waals surface area contributed by atoms with Crippen molar-refractivity contribution in [2.45, 2.75) is 37.7 Å². The molecule has 1 saturated carbocycles. The fourth-order valence-corrected chi connectivity index (χ4v) is 4.19. The van der Waals surface area contributed by atoms with Gasteiger partial charge in [-0.05, 0) is 43.0 Å². The molecule has 2 bridgehead atoms. The molecule has 1 fully saturated rings. The number of aromatic hydroxyl groups is 2. The number of esters is 1. The van der Waals surface area contributed by atoms with Gasteiger partial charge in [-0.25, -0.2) is 0 Å². The first-order valence-corrected chi connectivity index (χ1v) is 7.94. The zero-order valence-electron chi connectivity index (χ0n) is 12.5. The molecule has 1 aromatic heterocycles. The summed E-state index contributed by atoms with van der Waals surface area (Å²) in [4.78, 5) is 11.2. The first kappa shape index (κ1) is 14.5. The Morgan fingerprint density at radius 2 is 1.83 bits per heavy atom. The van der Waals surface area contributed by atoms with E-state index >= 15 is 0 Å². The smallest absolute Gasteiger partial charge is 0.302 e. The third-order valence-corrected chi connectivity index (χ3v) is 5.13. The average molecular weight is 334 g/mol. The highest BCUT2D eigenvalue weighted by Crippen LogP contribution is 2.61. The highest BCUT2D eigenvalue weighted by atomic mass is 35.5. The first-order valence-electron chi connectivity index (χ1n) is 7.57. The molecule has 0 spiro atoms. The number of carbonyl (C=O) groups is 1. The number of benzene rings is 1.